The lowest BCUT2D eigenvalue weighted by atomic mass is 9.94. The van der Waals surface area contributed by atoms with E-state index in [-0.39, 0.29) is 11.1 Å². The number of nitrogens with zero attached hydrogens (tertiary/aromatic N) is 1. The molecule has 1 aliphatic heterocycles. The number of rotatable bonds is 7. The molecule has 1 saturated heterocycles. The molecule has 4 N–H and O–H groups in total. The van der Waals surface area contributed by atoms with Gasteiger partial charge in [0.1, 0.15) is 17.6 Å². The second-order valence-electron chi connectivity index (χ2n) is 8.90. The average Bonchev–Trinajstić information content (AvgIpc) is 3.31. The minimum Gasteiger partial charge on any atom is -0.493 e. The number of nitrogens with one attached hydrogen (secondary N) is 2. The van der Waals surface area contributed by atoms with E-state index in [1.54, 1.807) is 0 Å². The topological polar surface area (TPSA) is 104 Å². The van der Waals surface area contributed by atoms with Gasteiger partial charge in [-0.1, -0.05) is 13.8 Å². The maximum Gasteiger partial charge on any atom is 0.265 e. The molecule has 3 heterocycles. The molecule has 1 atom stereocenters. The van der Waals surface area contributed by atoms with Crippen LogP contribution in [0.25, 0.3) is 22.2 Å². The summed E-state index contributed by atoms with van der Waals surface area (Å²) in [5.41, 5.74) is 6.41. The second-order valence-corrected chi connectivity index (χ2v) is 8.90. The Labute approximate surface area is 179 Å². The van der Waals surface area contributed by atoms with Crippen molar-refractivity contribution in [3.63, 3.8) is 0 Å². The van der Waals surface area contributed by atoms with Crippen LogP contribution in [-0.2, 0) is 0 Å². The number of fused-ring (bicyclic) bond motifs is 1. The fourth-order valence-corrected chi connectivity index (χ4v) is 3.96. The first-order valence-electron chi connectivity index (χ1n) is 10.3. The molecule has 0 saturated carbocycles. The maximum absolute atomic E-state index is 13.4. The number of amides is 1. The molecule has 1 aromatic carbocycles. The summed E-state index contributed by atoms with van der Waals surface area (Å²) in [6, 6.07) is 11.7. The molecular weight excluding hydrogens is 399 g/mol. The highest BCUT2D eigenvalue weighted by atomic mass is 19.1. The first-order valence-corrected chi connectivity index (χ1v) is 10.3. The lowest BCUT2D eigenvalue weighted by molar-refractivity contribution is 0.0995. The third-order valence-electron chi connectivity index (χ3n) is 5.47. The quantitative estimate of drug-likeness (QED) is 0.541. The molecule has 4 rings (SSSR count). The SMILES string of the molecule is CC(C)(COc1ccc2[nH]c(-c3c[c]c(C(N)=O)[nH]c3=O)cc2c1)CN1CC[C@H](F)C1. The monoisotopic (exact) mass is 425 g/mol. The highest BCUT2D eigenvalue weighted by Gasteiger charge is 2.28. The average molecular weight is 425 g/mol. The lowest BCUT2D eigenvalue weighted by Crippen LogP contribution is -2.36. The van der Waals surface area contributed by atoms with Gasteiger partial charge in [0.2, 0.25) is 0 Å². The molecule has 163 valence electrons. The number of hydrogen-bond acceptors (Lipinski definition) is 4. The van der Waals surface area contributed by atoms with Gasteiger partial charge in [-0.15, -0.1) is 0 Å². The van der Waals surface area contributed by atoms with Crippen LogP contribution < -0.4 is 16.0 Å². The number of aromatic amines is 2. The normalized spacial score (nSPS) is 17.3. The molecule has 3 aromatic rings. The number of nitrogens with two attached hydrogens (primary N) is 1. The first kappa shape index (κ1) is 21.1. The van der Waals surface area contributed by atoms with Gasteiger partial charge in [-0.25, -0.2) is 4.39 Å². The fourth-order valence-electron chi connectivity index (χ4n) is 3.96. The smallest absolute Gasteiger partial charge is 0.265 e. The van der Waals surface area contributed by atoms with Gasteiger partial charge in [0.05, 0.1) is 17.9 Å². The number of ether oxygens (including phenoxy) is 1. The van der Waals surface area contributed by atoms with Gasteiger partial charge in [-0.3, -0.25) is 14.5 Å². The minimum absolute atomic E-state index is 0.0564. The van der Waals surface area contributed by atoms with E-state index in [1.165, 1.54) is 6.07 Å². The molecule has 8 heteroatoms. The number of aromatic nitrogens is 2. The zero-order valence-electron chi connectivity index (χ0n) is 17.6. The van der Waals surface area contributed by atoms with Crippen molar-refractivity contribution in [2.45, 2.75) is 26.4 Å². The Morgan fingerprint density at radius 1 is 1.35 bits per heavy atom. The van der Waals surface area contributed by atoms with Gasteiger partial charge >= 0.3 is 0 Å². The zero-order chi connectivity index (χ0) is 22.2. The molecule has 0 bridgehead atoms. The summed E-state index contributed by atoms with van der Waals surface area (Å²) in [4.78, 5) is 31.3. The van der Waals surface area contributed by atoms with E-state index in [4.69, 9.17) is 10.5 Å². The Bertz CT molecular complexity index is 1170. The summed E-state index contributed by atoms with van der Waals surface area (Å²) in [7, 11) is 0. The van der Waals surface area contributed by atoms with Gasteiger partial charge in [0.15, 0.2) is 0 Å². The van der Waals surface area contributed by atoms with Gasteiger partial charge in [0, 0.05) is 42.0 Å². The van der Waals surface area contributed by atoms with Crippen molar-refractivity contribution in [1.29, 1.82) is 0 Å². The number of carbonyl (C=O) groups excluding carboxylic acids is 1. The number of likely N-dealkylation sites (tertiary alicyclic amines) is 1. The number of alkyl halides is 1. The number of halogens is 1. The van der Waals surface area contributed by atoms with Crippen LogP contribution in [0.3, 0.4) is 0 Å². The third-order valence-corrected chi connectivity index (χ3v) is 5.47. The van der Waals surface area contributed by atoms with Crippen molar-refractivity contribution in [2.75, 3.05) is 26.2 Å². The Morgan fingerprint density at radius 2 is 2.16 bits per heavy atom. The summed E-state index contributed by atoms with van der Waals surface area (Å²) in [5.74, 6) is -0.0142. The van der Waals surface area contributed by atoms with Crippen LogP contribution in [0, 0.1) is 11.5 Å². The molecule has 0 spiro atoms. The Kier molecular flexibility index (Phi) is 5.58. The zero-order valence-corrected chi connectivity index (χ0v) is 17.6. The van der Waals surface area contributed by atoms with Crippen LogP contribution >= 0.6 is 0 Å². The van der Waals surface area contributed by atoms with Crippen LogP contribution in [0.15, 0.2) is 35.1 Å². The molecular formula is C23H26FN4O3. The summed E-state index contributed by atoms with van der Waals surface area (Å²) in [6.07, 6.45) is -0.117. The molecule has 0 unspecified atom stereocenters. The van der Waals surface area contributed by atoms with Crippen LogP contribution in [0.4, 0.5) is 4.39 Å². The van der Waals surface area contributed by atoms with E-state index < -0.39 is 17.6 Å². The highest BCUT2D eigenvalue weighted by Crippen LogP contribution is 2.28. The number of H-pyrrole nitrogens is 2. The second kappa shape index (κ2) is 8.19. The van der Waals surface area contributed by atoms with E-state index >= 15 is 0 Å². The van der Waals surface area contributed by atoms with Crippen LogP contribution in [0.1, 0.15) is 30.8 Å². The number of benzene rings is 1. The van der Waals surface area contributed by atoms with E-state index in [9.17, 15) is 14.0 Å². The Balaban J connectivity index is 1.48. The van der Waals surface area contributed by atoms with E-state index in [0.29, 0.717) is 30.8 Å². The molecule has 1 amide bonds. The third kappa shape index (κ3) is 4.80. The summed E-state index contributed by atoms with van der Waals surface area (Å²) < 4.78 is 19.5. The largest absolute Gasteiger partial charge is 0.493 e. The fraction of sp³-hybridized carbons (Fsp3) is 0.391. The van der Waals surface area contributed by atoms with Crippen molar-refractivity contribution < 1.29 is 13.9 Å². The summed E-state index contributed by atoms with van der Waals surface area (Å²) in [6.45, 7) is 6.81. The van der Waals surface area contributed by atoms with Crippen molar-refractivity contribution in [3.05, 3.63) is 52.4 Å². The van der Waals surface area contributed by atoms with Gasteiger partial charge in [-0.2, -0.15) is 0 Å². The van der Waals surface area contributed by atoms with Crippen molar-refractivity contribution in [2.24, 2.45) is 11.1 Å². The molecule has 2 aromatic heterocycles. The van der Waals surface area contributed by atoms with Crippen molar-refractivity contribution in [1.82, 2.24) is 14.9 Å². The number of pyridine rings is 1. The molecule has 1 aliphatic rings. The predicted molar refractivity (Wildman–Crippen MR) is 117 cm³/mol. The molecule has 0 aliphatic carbocycles. The van der Waals surface area contributed by atoms with E-state index in [1.807, 2.05) is 24.3 Å². The minimum atomic E-state index is -0.737. The van der Waals surface area contributed by atoms with E-state index in [0.717, 1.165) is 29.7 Å². The van der Waals surface area contributed by atoms with Gasteiger partial charge in [-0.05, 0) is 36.8 Å². The molecule has 31 heavy (non-hydrogen) atoms. The lowest BCUT2D eigenvalue weighted by Gasteiger charge is -2.29. The van der Waals surface area contributed by atoms with E-state index in [2.05, 4.69) is 34.8 Å². The van der Waals surface area contributed by atoms with Gasteiger partial charge < -0.3 is 20.4 Å². The number of carbonyl (C=O) groups is 1. The van der Waals surface area contributed by atoms with Crippen LogP contribution in [0.5, 0.6) is 5.75 Å². The highest BCUT2D eigenvalue weighted by molar-refractivity contribution is 5.91. The number of primary amides is 1. The predicted octanol–water partition coefficient (Wildman–Crippen LogP) is 2.87. The van der Waals surface area contributed by atoms with Gasteiger partial charge in [0.25, 0.3) is 11.5 Å². The Hall–Kier alpha value is -3.13. The maximum atomic E-state index is 13.4. The summed E-state index contributed by atoms with van der Waals surface area (Å²) >= 11 is 0. The van der Waals surface area contributed by atoms with Crippen LogP contribution in [-0.4, -0.2) is 53.2 Å². The standard InChI is InChI=1S/C23H26FN4O3/c1-23(2,12-28-8-7-15(24)11-28)13-31-16-3-5-18-14(9-16)10-20(26-18)17-4-6-19(21(25)29)27-22(17)30/h3-5,9-10,15,26H,7-8,11-13H2,1-2H3,(H2,25,29)(H,27,30)/t15-/m0/s1. The van der Waals surface area contributed by atoms with Crippen LogP contribution in [0.2, 0.25) is 0 Å². The number of hydrogen-bond donors (Lipinski definition) is 3. The molecule has 7 nitrogen and oxygen atoms in total. The summed E-state index contributed by atoms with van der Waals surface area (Å²) in [5, 5.41) is 0.892. The van der Waals surface area contributed by atoms with Crippen molar-refractivity contribution in [3.8, 4) is 17.0 Å². The molecule has 1 fully saturated rings. The first-order chi connectivity index (χ1) is 14.7. The molecule has 1 radical (unpaired) electrons. The Morgan fingerprint density at radius 3 is 2.84 bits per heavy atom. The van der Waals surface area contributed by atoms with Crippen molar-refractivity contribution >= 4 is 16.8 Å².